The van der Waals surface area contributed by atoms with E-state index in [0.29, 0.717) is 26.3 Å². The van der Waals surface area contributed by atoms with Crippen LogP contribution in [0.3, 0.4) is 0 Å². The summed E-state index contributed by atoms with van der Waals surface area (Å²) < 4.78 is 5.67. The Morgan fingerprint density at radius 1 is 1.00 bits per heavy atom. The molecule has 0 atom stereocenters. The van der Waals surface area contributed by atoms with Gasteiger partial charge in [0.25, 0.3) is 0 Å². The summed E-state index contributed by atoms with van der Waals surface area (Å²) in [5.74, 6) is 0.749. The monoisotopic (exact) mass is 469 g/mol. The maximum atomic E-state index is 9.39. The first kappa shape index (κ1) is 22.4. The van der Waals surface area contributed by atoms with Crippen molar-refractivity contribution < 1.29 is 9.84 Å². The summed E-state index contributed by atoms with van der Waals surface area (Å²) in [4.78, 5) is 4.58. The topological polar surface area (TPSA) is 65.9 Å². The smallest absolute Gasteiger partial charge is 0.191 e. The Balaban J connectivity index is 0.00000338. The molecule has 6 heteroatoms. The van der Waals surface area contributed by atoms with Crippen molar-refractivity contribution in [2.24, 2.45) is 4.99 Å². The third kappa shape index (κ3) is 8.16. The Labute approximate surface area is 172 Å². The molecule has 0 aliphatic heterocycles. The van der Waals surface area contributed by atoms with Gasteiger partial charge in [0.15, 0.2) is 5.96 Å². The van der Waals surface area contributed by atoms with E-state index in [1.807, 2.05) is 49.4 Å². The molecule has 0 aliphatic rings. The average molecular weight is 469 g/mol. The number of aliphatic hydroxyl groups is 1. The number of rotatable bonds is 9. The number of hydrogen-bond acceptors (Lipinski definition) is 3. The largest absolute Gasteiger partial charge is 0.392 e. The van der Waals surface area contributed by atoms with E-state index in [4.69, 9.17) is 4.74 Å². The second-order valence-corrected chi connectivity index (χ2v) is 5.59. The quantitative estimate of drug-likeness (QED) is 0.229. The van der Waals surface area contributed by atoms with E-state index in [-0.39, 0.29) is 30.6 Å². The molecule has 142 valence electrons. The molecule has 0 fully saturated rings. The number of ether oxygens (including phenoxy) is 1. The number of aliphatic imine (C=N–C) groups is 1. The summed E-state index contributed by atoms with van der Waals surface area (Å²) in [6.45, 7) is 5.27. The summed E-state index contributed by atoms with van der Waals surface area (Å²) in [5.41, 5.74) is 3.11. The minimum Gasteiger partial charge on any atom is -0.392 e. The molecule has 0 radical (unpaired) electrons. The van der Waals surface area contributed by atoms with E-state index < -0.39 is 0 Å². The fraction of sp³-hybridized carbons (Fsp3) is 0.350. The molecule has 2 aromatic carbocycles. The van der Waals surface area contributed by atoms with Gasteiger partial charge in [-0.1, -0.05) is 54.6 Å². The maximum absolute atomic E-state index is 9.39. The molecule has 0 saturated heterocycles. The first-order valence-electron chi connectivity index (χ1n) is 8.65. The van der Waals surface area contributed by atoms with Crippen LogP contribution in [0.2, 0.25) is 0 Å². The van der Waals surface area contributed by atoms with Crippen molar-refractivity contribution in [2.45, 2.75) is 26.7 Å². The number of guanidine groups is 1. The Kier molecular flexibility index (Phi) is 11.7. The van der Waals surface area contributed by atoms with E-state index in [1.165, 1.54) is 5.56 Å². The van der Waals surface area contributed by atoms with Crippen LogP contribution in [-0.4, -0.2) is 30.8 Å². The van der Waals surface area contributed by atoms with Crippen LogP contribution >= 0.6 is 24.0 Å². The van der Waals surface area contributed by atoms with Gasteiger partial charge in [-0.15, -0.1) is 24.0 Å². The van der Waals surface area contributed by atoms with Gasteiger partial charge in [-0.05, 0) is 23.6 Å². The molecule has 3 N–H and O–H groups in total. The fourth-order valence-corrected chi connectivity index (χ4v) is 2.38. The van der Waals surface area contributed by atoms with Gasteiger partial charge in [-0.3, -0.25) is 0 Å². The minimum atomic E-state index is 0. The molecule has 0 saturated carbocycles. The Bertz CT molecular complexity index is 651. The molecule has 2 rings (SSSR count). The summed E-state index contributed by atoms with van der Waals surface area (Å²) >= 11 is 0. The molecule has 0 bridgehead atoms. The van der Waals surface area contributed by atoms with Crippen molar-refractivity contribution in [2.75, 3.05) is 19.7 Å². The van der Waals surface area contributed by atoms with Crippen molar-refractivity contribution in [3.8, 4) is 0 Å². The maximum Gasteiger partial charge on any atom is 0.191 e. The third-order valence-corrected chi connectivity index (χ3v) is 3.69. The Morgan fingerprint density at radius 2 is 1.69 bits per heavy atom. The molecule has 2 aromatic rings. The number of nitrogens with one attached hydrogen (secondary N) is 2. The predicted octanol–water partition coefficient (Wildman–Crippen LogP) is 3.07. The lowest BCUT2D eigenvalue weighted by Crippen LogP contribution is -2.39. The number of benzene rings is 2. The molecule has 0 unspecified atom stereocenters. The van der Waals surface area contributed by atoms with Gasteiger partial charge < -0.3 is 20.5 Å². The fourth-order valence-electron chi connectivity index (χ4n) is 2.38. The highest BCUT2D eigenvalue weighted by atomic mass is 127. The number of aliphatic hydroxyl groups excluding tert-OH is 1. The summed E-state index contributed by atoms with van der Waals surface area (Å²) in [7, 11) is 0. The highest BCUT2D eigenvalue weighted by Crippen LogP contribution is 2.09. The Morgan fingerprint density at radius 3 is 2.38 bits per heavy atom. The first-order chi connectivity index (χ1) is 12.3. The van der Waals surface area contributed by atoms with Crippen LogP contribution in [-0.2, 0) is 24.5 Å². The first-order valence-corrected chi connectivity index (χ1v) is 8.65. The van der Waals surface area contributed by atoms with Gasteiger partial charge in [0, 0.05) is 13.1 Å². The van der Waals surface area contributed by atoms with E-state index in [9.17, 15) is 5.11 Å². The zero-order chi connectivity index (χ0) is 17.7. The minimum absolute atomic E-state index is 0. The zero-order valence-corrected chi connectivity index (χ0v) is 17.5. The molecular formula is C20H28IN3O2. The van der Waals surface area contributed by atoms with Crippen LogP contribution < -0.4 is 10.6 Å². The van der Waals surface area contributed by atoms with Crippen LogP contribution in [0, 0.1) is 0 Å². The van der Waals surface area contributed by atoms with Gasteiger partial charge in [0.2, 0.25) is 0 Å². The van der Waals surface area contributed by atoms with Crippen LogP contribution in [0.25, 0.3) is 0 Å². The third-order valence-electron chi connectivity index (χ3n) is 3.69. The average Bonchev–Trinajstić information content (AvgIpc) is 2.66. The van der Waals surface area contributed by atoms with Crippen LogP contribution in [0.15, 0.2) is 59.6 Å². The van der Waals surface area contributed by atoms with Crippen molar-refractivity contribution in [3.63, 3.8) is 0 Å². The van der Waals surface area contributed by atoms with E-state index in [2.05, 4.69) is 27.8 Å². The predicted molar refractivity (Wildman–Crippen MR) is 117 cm³/mol. The highest BCUT2D eigenvalue weighted by molar-refractivity contribution is 14.0. The summed E-state index contributed by atoms with van der Waals surface area (Å²) in [6, 6.07) is 17.9. The van der Waals surface area contributed by atoms with E-state index in [1.54, 1.807) is 0 Å². The summed E-state index contributed by atoms with van der Waals surface area (Å²) in [5, 5.41) is 15.9. The van der Waals surface area contributed by atoms with Crippen LogP contribution in [0.5, 0.6) is 0 Å². The molecule has 0 spiro atoms. The number of nitrogens with zero attached hydrogens (tertiary/aromatic N) is 1. The summed E-state index contributed by atoms with van der Waals surface area (Å²) in [6.07, 6.45) is 0. The lowest BCUT2D eigenvalue weighted by atomic mass is 10.1. The number of hydrogen-bond donors (Lipinski definition) is 3. The number of halogens is 1. The van der Waals surface area contributed by atoms with Crippen molar-refractivity contribution in [1.82, 2.24) is 10.6 Å². The highest BCUT2D eigenvalue weighted by Gasteiger charge is 2.01. The second kappa shape index (κ2) is 13.5. The van der Waals surface area contributed by atoms with Gasteiger partial charge in [0.05, 0.1) is 26.4 Å². The van der Waals surface area contributed by atoms with Gasteiger partial charge in [-0.25, -0.2) is 4.99 Å². The van der Waals surface area contributed by atoms with E-state index >= 15 is 0 Å². The molecule has 0 heterocycles. The van der Waals surface area contributed by atoms with E-state index in [0.717, 1.165) is 23.6 Å². The standard InChI is InChI=1S/C20H27N3O2.HI/c1-2-21-20(23-14-18-10-6-7-11-19(18)15-24)22-12-13-25-16-17-8-4-3-5-9-17;/h3-11,24H,2,12-16H2,1H3,(H2,21,22,23);1H. The van der Waals surface area contributed by atoms with Gasteiger partial charge >= 0.3 is 0 Å². The van der Waals surface area contributed by atoms with Gasteiger partial charge in [0.1, 0.15) is 0 Å². The molecule has 5 nitrogen and oxygen atoms in total. The van der Waals surface area contributed by atoms with Gasteiger partial charge in [-0.2, -0.15) is 0 Å². The van der Waals surface area contributed by atoms with Crippen molar-refractivity contribution >= 4 is 29.9 Å². The lowest BCUT2D eigenvalue weighted by Gasteiger charge is -2.12. The molecule has 0 aromatic heterocycles. The van der Waals surface area contributed by atoms with Crippen molar-refractivity contribution in [3.05, 3.63) is 71.3 Å². The zero-order valence-electron chi connectivity index (χ0n) is 15.1. The van der Waals surface area contributed by atoms with Crippen LogP contribution in [0.4, 0.5) is 0 Å². The molecular weight excluding hydrogens is 441 g/mol. The normalized spacial score (nSPS) is 10.9. The molecule has 0 amide bonds. The van der Waals surface area contributed by atoms with Crippen molar-refractivity contribution in [1.29, 1.82) is 0 Å². The second-order valence-electron chi connectivity index (χ2n) is 5.59. The SMILES string of the molecule is CCNC(=NCc1ccccc1CO)NCCOCc1ccccc1.I. The lowest BCUT2D eigenvalue weighted by molar-refractivity contribution is 0.125. The molecule has 0 aliphatic carbocycles. The molecule has 26 heavy (non-hydrogen) atoms. The van der Waals surface area contributed by atoms with Crippen LogP contribution in [0.1, 0.15) is 23.6 Å². The Hall–Kier alpha value is -1.64.